The number of carbonyl (C=O) groups excluding carboxylic acids is 2. The Hall–Kier alpha value is -1.93. The maximum atomic E-state index is 12.8. The van der Waals surface area contributed by atoms with Gasteiger partial charge in [0.15, 0.2) is 10.8 Å². The summed E-state index contributed by atoms with van der Waals surface area (Å²) in [6.45, 7) is 2.00. The predicted octanol–water partition coefficient (Wildman–Crippen LogP) is 3.97. The number of hydrogen-bond donors (Lipinski definition) is 1. The zero-order valence-electron chi connectivity index (χ0n) is 13.1. The monoisotopic (exact) mass is 368 g/mol. The van der Waals surface area contributed by atoms with Crippen LogP contribution in [0.5, 0.6) is 0 Å². The van der Waals surface area contributed by atoms with Crippen molar-refractivity contribution in [2.45, 2.75) is 24.7 Å². The van der Waals surface area contributed by atoms with E-state index in [1.807, 2.05) is 0 Å². The summed E-state index contributed by atoms with van der Waals surface area (Å²) in [5.74, 6) is -0.154. The summed E-state index contributed by atoms with van der Waals surface area (Å²) in [4.78, 5) is 28.3. The zero-order chi connectivity index (χ0) is 17.4. The molecule has 1 amide bonds. The van der Waals surface area contributed by atoms with Crippen molar-refractivity contribution < 1.29 is 18.7 Å². The number of anilines is 1. The molecule has 0 aliphatic heterocycles. The largest absolute Gasteiger partial charge is 0.461 e. The van der Waals surface area contributed by atoms with E-state index in [0.717, 1.165) is 10.6 Å². The molecule has 0 bridgehead atoms. The molecule has 0 atom stereocenters. The molecular weight excluding hydrogens is 351 g/mol. The van der Waals surface area contributed by atoms with Gasteiger partial charge in [-0.2, -0.15) is 0 Å². The Morgan fingerprint density at radius 1 is 1.33 bits per heavy atom. The summed E-state index contributed by atoms with van der Waals surface area (Å²) >= 11 is 2.75. The molecule has 8 heteroatoms. The van der Waals surface area contributed by atoms with Crippen molar-refractivity contribution in [3.05, 3.63) is 41.2 Å². The number of hydrogen-bond acceptors (Lipinski definition) is 6. The van der Waals surface area contributed by atoms with Crippen LogP contribution >= 0.6 is 23.1 Å². The fourth-order valence-corrected chi connectivity index (χ4v) is 3.31. The lowest BCUT2D eigenvalue weighted by Crippen LogP contribution is -2.12. The Morgan fingerprint density at radius 3 is 2.79 bits per heavy atom. The highest BCUT2D eigenvalue weighted by Gasteiger charge is 2.13. The Balaban J connectivity index is 1.69. The van der Waals surface area contributed by atoms with Crippen molar-refractivity contribution in [3.8, 4) is 0 Å². The number of nitrogens with zero attached hydrogens (tertiary/aromatic N) is 1. The van der Waals surface area contributed by atoms with Crippen LogP contribution < -0.4 is 5.32 Å². The molecular formula is C16H17FN2O3S2. The number of esters is 1. The minimum absolute atomic E-state index is 0.153. The lowest BCUT2D eigenvalue weighted by Gasteiger charge is -2.03. The Bertz CT molecular complexity index is 689. The zero-order valence-corrected chi connectivity index (χ0v) is 14.7. The van der Waals surface area contributed by atoms with E-state index in [1.54, 1.807) is 36.2 Å². The van der Waals surface area contributed by atoms with Gasteiger partial charge in [0.1, 0.15) is 5.82 Å². The minimum atomic E-state index is -0.495. The van der Waals surface area contributed by atoms with Gasteiger partial charge in [-0.05, 0) is 43.4 Å². The Kier molecular flexibility index (Phi) is 7.20. The molecule has 0 saturated carbocycles. The molecule has 0 saturated heterocycles. The highest BCUT2D eigenvalue weighted by molar-refractivity contribution is 7.99. The molecule has 5 nitrogen and oxygen atoms in total. The maximum Gasteiger partial charge on any atom is 0.357 e. The molecule has 0 spiro atoms. The number of rotatable bonds is 8. The number of nitrogens with one attached hydrogen (secondary N) is 1. The highest BCUT2D eigenvalue weighted by Crippen LogP contribution is 2.20. The minimum Gasteiger partial charge on any atom is -0.461 e. The van der Waals surface area contributed by atoms with E-state index in [0.29, 0.717) is 18.0 Å². The van der Waals surface area contributed by atoms with Crippen molar-refractivity contribution in [1.82, 2.24) is 4.98 Å². The van der Waals surface area contributed by atoms with E-state index in [4.69, 9.17) is 4.74 Å². The van der Waals surface area contributed by atoms with Gasteiger partial charge in [0.25, 0.3) is 0 Å². The molecule has 0 aliphatic rings. The second-order valence-electron chi connectivity index (χ2n) is 4.71. The summed E-state index contributed by atoms with van der Waals surface area (Å²) in [5.41, 5.74) is 0.198. The van der Waals surface area contributed by atoms with Gasteiger partial charge in [0.2, 0.25) is 5.91 Å². The third kappa shape index (κ3) is 5.93. The topological polar surface area (TPSA) is 68.3 Å². The lowest BCUT2D eigenvalue weighted by atomic mass is 10.3. The number of carbonyl (C=O) groups is 2. The van der Waals surface area contributed by atoms with Crippen LogP contribution in [0.25, 0.3) is 0 Å². The second-order valence-corrected chi connectivity index (χ2v) is 6.74. The van der Waals surface area contributed by atoms with Crippen LogP contribution in [0, 0.1) is 5.82 Å². The molecule has 24 heavy (non-hydrogen) atoms. The predicted molar refractivity (Wildman–Crippen MR) is 93.1 cm³/mol. The SMILES string of the molecule is CCOC(=O)c1csc(NC(=O)CCCSc2ccc(F)cc2)n1. The van der Waals surface area contributed by atoms with E-state index in [2.05, 4.69) is 10.3 Å². The van der Waals surface area contributed by atoms with E-state index in [1.165, 1.54) is 23.5 Å². The van der Waals surface area contributed by atoms with Crippen LogP contribution in [0.4, 0.5) is 9.52 Å². The van der Waals surface area contributed by atoms with Gasteiger partial charge in [-0.1, -0.05) is 0 Å². The molecule has 0 radical (unpaired) electrons. The van der Waals surface area contributed by atoms with E-state index >= 15 is 0 Å². The summed E-state index contributed by atoms with van der Waals surface area (Å²) in [6, 6.07) is 6.26. The molecule has 1 aromatic carbocycles. The smallest absolute Gasteiger partial charge is 0.357 e. The van der Waals surface area contributed by atoms with Crippen LogP contribution in [-0.2, 0) is 9.53 Å². The normalized spacial score (nSPS) is 10.4. The van der Waals surface area contributed by atoms with Crippen molar-refractivity contribution in [3.63, 3.8) is 0 Å². The summed E-state index contributed by atoms with van der Waals surface area (Å²) in [5, 5.41) is 4.60. The number of aromatic nitrogens is 1. The van der Waals surface area contributed by atoms with Gasteiger partial charge < -0.3 is 10.1 Å². The highest BCUT2D eigenvalue weighted by atomic mass is 32.2. The van der Waals surface area contributed by atoms with Crippen molar-refractivity contribution in [2.75, 3.05) is 17.7 Å². The van der Waals surface area contributed by atoms with Crippen molar-refractivity contribution in [1.29, 1.82) is 0 Å². The van der Waals surface area contributed by atoms with Gasteiger partial charge in [0, 0.05) is 16.7 Å². The lowest BCUT2D eigenvalue weighted by molar-refractivity contribution is -0.116. The number of thiazole rings is 1. The molecule has 0 aliphatic carbocycles. The summed E-state index contributed by atoms with van der Waals surface area (Å²) < 4.78 is 17.6. The van der Waals surface area contributed by atoms with Gasteiger partial charge in [0.05, 0.1) is 6.61 Å². The summed E-state index contributed by atoms with van der Waals surface area (Å²) in [7, 11) is 0. The van der Waals surface area contributed by atoms with Gasteiger partial charge in [-0.25, -0.2) is 14.2 Å². The number of amides is 1. The van der Waals surface area contributed by atoms with E-state index in [9.17, 15) is 14.0 Å². The molecule has 2 rings (SSSR count). The average Bonchev–Trinajstić information content (AvgIpc) is 3.02. The molecule has 0 unspecified atom stereocenters. The van der Waals surface area contributed by atoms with Crippen LogP contribution in [0.3, 0.4) is 0 Å². The van der Waals surface area contributed by atoms with Crippen molar-refractivity contribution >= 4 is 40.1 Å². The number of halogens is 1. The van der Waals surface area contributed by atoms with Crippen LogP contribution in [0.1, 0.15) is 30.3 Å². The third-order valence-corrected chi connectivity index (χ3v) is 4.72. The fraction of sp³-hybridized carbons (Fsp3) is 0.312. The van der Waals surface area contributed by atoms with Gasteiger partial charge >= 0.3 is 5.97 Å². The standard InChI is InChI=1S/C16H17FN2O3S2/c1-2-22-15(21)13-10-24-16(18-13)19-14(20)4-3-9-23-12-7-5-11(17)6-8-12/h5-8,10H,2-4,9H2,1H3,(H,18,19,20). The first kappa shape index (κ1) is 18.4. The van der Waals surface area contributed by atoms with Gasteiger partial charge in [-0.15, -0.1) is 23.1 Å². The molecule has 1 N–H and O–H groups in total. The first-order valence-corrected chi connectivity index (χ1v) is 9.26. The molecule has 2 aromatic rings. The van der Waals surface area contributed by atoms with Gasteiger partial charge in [-0.3, -0.25) is 4.79 Å². The third-order valence-electron chi connectivity index (χ3n) is 2.87. The second kappa shape index (κ2) is 9.39. The number of benzene rings is 1. The molecule has 1 aromatic heterocycles. The van der Waals surface area contributed by atoms with Crippen LogP contribution in [0.2, 0.25) is 0 Å². The number of ether oxygens (including phenoxy) is 1. The quantitative estimate of drug-likeness (QED) is 0.434. The van der Waals surface area contributed by atoms with Crippen molar-refractivity contribution in [2.24, 2.45) is 0 Å². The maximum absolute atomic E-state index is 12.8. The number of thioether (sulfide) groups is 1. The molecule has 128 valence electrons. The van der Waals surface area contributed by atoms with E-state index in [-0.39, 0.29) is 24.0 Å². The van der Waals surface area contributed by atoms with Crippen LogP contribution in [-0.4, -0.2) is 29.2 Å². The fourth-order valence-electron chi connectivity index (χ4n) is 1.77. The van der Waals surface area contributed by atoms with E-state index < -0.39 is 5.97 Å². The molecule has 0 fully saturated rings. The van der Waals surface area contributed by atoms with Crippen LogP contribution in [0.15, 0.2) is 34.5 Å². The first-order valence-electron chi connectivity index (χ1n) is 7.39. The Labute approximate surface area is 147 Å². The molecule has 1 heterocycles. The average molecular weight is 368 g/mol. The summed E-state index contributed by atoms with van der Waals surface area (Å²) in [6.07, 6.45) is 1.03. The first-order chi connectivity index (χ1) is 11.6. The Morgan fingerprint density at radius 2 is 2.08 bits per heavy atom.